The van der Waals surface area contributed by atoms with Gasteiger partial charge in [0, 0.05) is 19.2 Å². The van der Waals surface area contributed by atoms with Gasteiger partial charge in [0.25, 0.3) is 0 Å². The Morgan fingerprint density at radius 2 is 2.03 bits per heavy atom. The van der Waals surface area contributed by atoms with Crippen LogP contribution in [0.3, 0.4) is 0 Å². The minimum absolute atomic E-state index is 0.122. The number of carbonyl (C=O) groups is 2. The number of hydrogen-bond donors (Lipinski definition) is 1. The van der Waals surface area contributed by atoms with Crippen molar-refractivity contribution >= 4 is 29.4 Å². The summed E-state index contributed by atoms with van der Waals surface area (Å²) in [6.07, 6.45) is 3.06. The highest BCUT2D eigenvalue weighted by atomic mass is 32.2. The topological polar surface area (TPSA) is 84.3 Å². The van der Waals surface area contributed by atoms with E-state index < -0.39 is 0 Å². The molecule has 2 aliphatic rings. The SMILES string of the molecule is COc1ccc(NC(=O)N2CCC3(CC2)SCC(=O)N3Cc2ccco2)c(OC)c1. The maximum Gasteiger partial charge on any atom is 0.321 e. The van der Waals surface area contributed by atoms with Crippen LogP contribution in [0.5, 0.6) is 11.5 Å². The first-order chi connectivity index (χ1) is 14.5. The molecule has 9 heteroatoms. The zero-order valence-electron chi connectivity index (χ0n) is 17.1. The Hall–Kier alpha value is -2.81. The zero-order chi connectivity index (χ0) is 21.1. The molecule has 1 N–H and O–H groups in total. The average molecular weight is 432 g/mol. The Balaban J connectivity index is 1.40. The minimum Gasteiger partial charge on any atom is -0.497 e. The summed E-state index contributed by atoms with van der Waals surface area (Å²) < 4.78 is 16.0. The Morgan fingerprint density at radius 3 is 2.70 bits per heavy atom. The van der Waals surface area contributed by atoms with Crippen LogP contribution in [0, 0.1) is 0 Å². The van der Waals surface area contributed by atoms with Crippen molar-refractivity contribution in [3.8, 4) is 11.5 Å². The van der Waals surface area contributed by atoms with Crippen LogP contribution in [-0.4, -0.2) is 59.7 Å². The van der Waals surface area contributed by atoms with E-state index in [1.54, 1.807) is 55.3 Å². The first-order valence-corrected chi connectivity index (χ1v) is 10.8. The summed E-state index contributed by atoms with van der Waals surface area (Å²) in [5.74, 6) is 2.56. The Labute approximate surface area is 179 Å². The van der Waals surface area contributed by atoms with E-state index in [1.807, 2.05) is 17.0 Å². The maximum atomic E-state index is 12.8. The summed E-state index contributed by atoms with van der Waals surface area (Å²) in [5, 5.41) is 2.92. The predicted molar refractivity (Wildman–Crippen MR) is 114 cm³/mol. The van der Waals surface area contributed by atoms with Gasteiger partial charge < -0.3 is 29.0 Å². The van der Waals surface area contributed by atoms with Crippen LogP contribution in [0.25, 0.3) is 0 Å². The smallest absolute Gasteiger partial charge is 0.321 e. The van der Waals surface area contributed by atoms with Crippen molar-refractivity contribution in [2.75, 3.05) is 38.4 Å². The fraction of sp³-hybridized carbons (Fsp3) is 0.429. The van der Waals surface area contributed by atoms with Gasteiger partial charge in [-0.15, -0.1) is 11.8 Å². The van der Waals surface area contributed by atoms with Gasteiger partial charge in [0.1, 0.15) is 17.3 Å². The van der Waals surface area contributed by atoms with Gasteiger partial charge in [-0.2, -0.15) is 0 Å². The van der Waals surface area contributed by atoms with Gasteiger partial charge in [0.05, 0.1) is 43.3 Å². The van der Waals surface area contributed by atoms with Crippen LogP contribution in [-0.2, 0) is 11.3 Å². The summed E-state index contributed by atoms with van der Waals surface area (Å²) in [7, 11) is 3.13. The average Bonchev–Trinajstić information content (AvgIpc) is 3.39. The molecule has 2 aliphatic heterocycles. The molecule has 2 fully saturated rings. The van der Waals surface area contributed by atoms with Crippen molar-refractivity contribution in [1.82, 2.24) is 9.80 Å². The highest BCUT2D eigenvalue weighted by Gasteiger charge is 2.48. The Bertz CT molecular complexity index is 909. The number of ether oxygens (including phenoxy) is 2. The molecule has 30 heavy (non-hydrogen) atoms. The van der Waals surface area contributed by atoms with Crippen molar-refractivity contribution in [2.24, 2.45) is 0 Å². The number of carbonyl (C=O) groups excluding carboxylic acids is 2. The number of nitrogens with one attached hydrogen (secondary N) is 1. The van der Waals surface area contributed by atoms with Gasteiger partial charge in [-0.1, -0.05) is 0 Å². The lowest BCUT2D eigenvalue weighted by Crippen LogP contribution is -2.53. The standard InChI is InChI=1S/C21H25N3O5S/c1-27-15-5-6-17(18(12-15)28-2)22-20(26)23-9-7-21(8-10-23)24(19(25)14-30-21)13-16-4-3-11-29-16/h3-6,11-12H,7-10,13-14H2,1-2H3,(H,22,26). The van der Waals surface area contributed by atoms with Crippen LogP contribution < -0.4 is 14.8 Å². The molecule has 2 aromatic rings. The van der Waals surface area contributed by atoms with Crippen LogP contribution in [0.15, 0.2) is 41.0 Å². The molecule has 0 radical (unpaired) electrons. The third-order valence-electron chi connectivity index (χ3n) is 5.63. The fourth-order valence-corrected chi connectivity index (χ4v) is 5.28. The summed E-state index contributed by atoms with van der Waals surface area (Å²) >= 11 is 1.67. The number of anilines is 1. The van der Waals surface area contributed by atoms with Gasteiger partial charge in [-0.3, -0.25) is 4.79 Å². The molecule has 4 rings (SSSR count). The van der Waals surface area contributed by atoms with E-state index in [1.165, 1.54) is 0 Å². The molecule has 3 heterocycles. The molecule has 2 saturated heterocycles. The molecule has 3 amide bonds. The zero-order valence-corrected chi connectivity index (χ0v) is 17.9. The molecule has 0 aliphatic carbocycles. The van der Waals surface area contributed by atoms with Crippen molar-refractivity contribution < 1.29 is 23.5 Å². The quantitative estimate of drug-likeness (QED) is 0.781. The van der Waals surface area contributed by atoms with Crippen molar-refractivity contribution in [3.05, 3.63) is 42.4 Å². The number of hydrogen-bond acceptors (Lipinski definition) is 6. The van der Waals surface area contributed by atoms with Gasteiger partial charge in [0.2, 0.25) is 5.91 Å². The summed E-state index contributed by atoms with van der Waals surface area (Å²) in [6.45, 7) is 1.60. The molecule has 0 saturated carbocycles. The number of furan rings is 1. The first kappa shape index (κ1) is 20.5. The summed E-state index contributed by atoms with van der Waals surface area (Å²) in [6, 6.07) is 8.80. The molecule has 1 aromatic heterocycles. The van der Waals surface area contributed by atoms with Crippen LogP contribution in [0.1, 0.15) is 18.6 Å². The highest BCUT2D eigenvalue weighted by molar-refractivity contribution is 8.01. The summed E-state index contributed by atoms with van der Waals surface area (Å²) in [4.78, 5) is 28.7. The van der Waals surface area contributed by atoms with Crippen LogP contribution >= 0.6 is 11.8 Å². The van der Waals surface area contributed by atoms with Crippen molar-refractivity contribution in [3.63, 3.8) is 0 Å². The number of rotatable bonds is 5. The van der Waals surface area contributed by atoms with Crippen molar-refractivity contribution in [1.29, 1.82) is 0 Å². The van der Waals surface area contributed by atoms with E-state index in [0.29, 0.717) is 42.6 Å². The number of likely N-dealkylation sites (tertiary alicyclic amines) is 1. The van der Waals surface area contributed by atoms with E-state index in [9.17, 15) is 9.59 Å². The molecular formula is C21H25N3O5S. The number of benzene rings is 1. The number of urea groups is 1. The van der Waals surface area contributed by atoms with Crippen molar-refractivity contribution in [2.45, 2.75) is 24.3 Å². The van der Waals surface area contributed by atoms with Crippen LogP contribution in [0.4, 0.5) is 10.5 Å². The van der Waals surface area contributed by atoms with Gasteiger partial charge in [-0.25, -0.2) is 4.79 Å². The third-order valence-corrected chi connectivity index (χ3v) is 7.19. The molecule has 0 unspecified atom stereocenters. The maximum absolute atomic E-state index is 12.8. The number of methoxy groups -OCH3 is 2. The van der Waals surface area contributed by atoms with Gasteiger partial charge in [0.15, 0.2) is 0 Å². The number of nitrogens with zero attached hydrogens (tertiary/aromatic N) is 2. The predicted octanol–water partition coefficient (Wildman–Crippen LogP) is 3.40. The van der Waals surface area contributed by atoms with E-state index in [0.717, 1.165) is 18.6 Å². The van der Waals surface area contributed by atoms with E-state index >= 15 is 0 Å². The molecule has 1 aromatic carbocycles. The van der Waals surface area contributed by atoms with Gasteiger partial charge in [-0.05, 0) is 37.1 Å². The largest absolute Gasteiger partial charge is 0.497 e. The minimum atomic E-state index is -0.279. The Morgan fingerprint density at radius 1 is 1.23 bits per heavy atom. The lowest BCUT2D eigenvalue weighted by molar-refractivity contribution is -0.132. The van der Waals surface area contributed by atoms with E-state index in [4.69, 9.17) is 13.9 Å². The Kier molecular flexibility index (Phi) is 5.80. The van der Waals surface area contributed by atoms with E-state index in [-0.39, 0.29) is 16.8 Å². The monoisotopic (exact) mass is 431 g/mol. The number of piperidine rings is 1. The first-order valence-electron chi connectivity index (χ1n) is 9.79. The van der Waals surface area contributed by atoms with Gasteiger partial charge >= 0.3 is 6.03 Å². The molecule has 0 atom stereocenters. The molecule has 8 nitrogen and oxygen atoms in total. The summed E-state index contributed by atoms with van der Waals surface area (Å²) in [5.41, 5.74) is 0.591. The molecule has 1 spiro atoms. The molecular weight excluding hydrogens is 406 g/mol. The number of amides is 3. The molecule has 160 valence electrons. The lowest BCUT2D eigenvalue weighted by Gasteiger charge is -2.43. The number of thioether (sulfide) groups is 1. The molecule has 0 bridgehead atoms. The second kappa shape index (κ2) is 8.51. The van der Waals surface area contributed by atoms with Crippen LogP contribution in [0.2, 0.25) is 0 Å². The van der Waals surface area contributed by atoms with E-state index in [2.05, 4.69) is 5.32 Å². The lowest BCUT2D eigenvalue weighted by atomic mass is 10.0. The highest BCUT2D eigenvalue weighted by Crippen LogP contribution is 2.45. The second-order valence-corrected chi connectivity index (χ2v) is 8.61. The third kappa shape index (κ3) is 3.94. The normalized spacial score (nSPS) is 18.0. The fourth-order valence-electron chi connectivity index (χ4n) is 3.94. The second-order valence-electron chi connectivity index (χ2n) is 7.28.